The average molecular weight is 260 g/mol. The molecule has 100 valence electrons. The van der Waals surface area contributed by atoms with Gasteiger partial charge in [-0.1, -0.05) is 0 Å². The SMILES string of the molecule is FC(F)(F)c1ccc(NCC2CNCCO2)cc1. The predicted octanol–water partition coefficient (Wildman–Crippen LogP) is 2.11. The molecule has 1 unspecified atom stereocenters. The Hall–Kier alpha value is -1.27. The normalized spacial score (nSPS) is 20.7. The van der Waals surface area contributed by atoms with Crippen LogP contribution in [-0.4, -0.2) is 32.3 Å². The van der Waals surface area contributed by atoms with Crippen LogP contribution in [0.4, 0.5) is 18.9 Å². The molecule has 1 aromatic carbocycles. The van der Waals surface area contributed by atoms with Gasteiger partial charge >= 0.3 is 6.18 Å². The van der Waals surface area contributed by atoms with Crippen molar-refractivity contribution in [3.8, 4) is 0 Å². The van der Waals surface area contributed by atoms with E-state index >= 15 is 0 Å². The Morgan fingerprint density at radius 2 is 2.00 bits per heavy atom. The zero-order valence-electron chi connectivity index (χ0n) is 9.76. The number of halogens is 3. The molecule has 1 atom stereocenters. The van der Waals surface area contributed by atoms with Gasteiger partial charge in [0.05, 0.1) is 18.3 Å². The van der Waals surface area contributed by atoms with Gasteiger partial charge in [0, 0.05) is 25.3 Å². The van der Waals surface area contributed by atoms with Gasteiger partial charge in [0.2, 0.25) is 0 Å². The third-order valence-corrected chi connectivity index (χ3v) is 2.75. The standard InChI is InChI=1S/C12H15F3N2O/c13-12(14,15)9-1-3-10(4-2-9)17-8-11-7-16-5-6-18-11/h1-4,11,16-17H,5-8H2. The quantitative estimate of drug-likeness (QED) is 0.873. The van der Waals surface area contributed by atoms with Crippen molar-refractivity contribution >= 4 is 5.69 Å². The largest absolute Gasteiger partial charge is 0.416 e. The van der Waals surface area contributed by atoms with Crippen molar-refractivity contribution in [1.82, 2.24) is 5.32 Å². The maximum atomic E-state index is 12.3. The molecule has 18 heavy (non-hydrogen) atoms. The second kappa shape index (κ2) is 5.58. The summed E-state index contributed by atoms with van der Waals surface area (Å²) in [5, 5.41) is 6.25. The van der Waals surface area contributed by atoms with Crippen molar-refractivity contribution in [3.05, 3.63) is 29.8 Å². The molecule has 0 spiro atoms. The summed E-state index contributed by atoms with van der Waals surface area (Å²) in [6, 6.07) is 5.00. The van der Waals surface area contributed by atoms with E-state index in [-0.39, 0.29) is 6.10 Å². The fourth-order valence-corrected chi connectivity index (χ4v) is 1.76. The molecule has 1 aliphatic heterocycles. The zero-order chi connectivity index (χ0) is 13.0. The number of hydrogen-bond acceptors (Lipinski definition) is 3. The third-order valence-electron chi connectivity index (χ3n) is 2.75. The van der Waals surface area contributed by atoms with Crippen molar-refractivity contribution in [2.45, 2.75) is 12.3 Å². The number of ether oxygens (including phenoxy) is 1. The Balaban J connectivity index is 1.86. The van der Waals surface area contributed by atoms with Crippen molar-refractivity contribution in [1.29, 1.82) is 0 Å². The molecular weight excluding hydrogens is 245 g/mol. The van der Waals surface area contributed by atoms with Gasteiger partial charge in [-0.25, -0.2) is 0 Å². The zero-order valence-corrected chi connectivity index (χ0v) is 9.76. The molecule has 1 fully saturated rings. The molecule has 6 heteroatoms. The first kappa shape index (κ1) is 13.2. The monoisotopic (exact) mass is 260 g/mol. The Kier molecular flexibility index (Phi) is 4.08. The van der Waals surface area contributed by atoms with Crippen molar-refractivity contribution in [2.24, 2.45) is 0 Å². The summed E-state index contributed by atoms with van der Waals surface area (Å²) in [5.74, 6) is 0. The third kappa shape index (κ3) is 3.61. The number of morpholine rings is 1. The fourth-order valence-electron chi connectivity index (χ4n) is 1.76. The van der Waals surface area contributed by atoms with Crippen molar-refractivity contribution in [2.75, 3.05) is 31.6 Å². The van der Waals surface area contributed by atoms with Crippen LogP contribution in [0.3, 0.4) is 0 Å². The summed E-state index contributed by atoms with van der Waals surface area (Å²) in [6.07, 6.45) is -4.23. The number of benzene rings is 1. The van der Waals surface area contributed by atoms with E-state index < -0.39 is 11.7 Å². The van der Waals surface area contributed by atoms with E-state index in [1.54, 1.807) is 0 Å². The number of anilines is 1. The van der Waals surface area contributed by atoms with Crippen LogP contribution in [0.2, 0.25) is 0 Å². The first-order valence-electron chi connectivity index (χ1n) is 5.79. The molecule has 1 heterocycles. The van der Waals surface area contributed by atoms with Gasteiger partial charge in [-0.15, -0.1) is 0 Å². The Labute approximate surface area is 103 Å². The lowest BCUT2D eigenvalue weighted by molar-refractivity contribution is -0.137. The Bertz CT molecular complexity index is 372. The lowest BCUT2D eigenvalue weighted by Crippen LogP contribution is -2.42. The first-order valence-corrected chi connectivity index (χ1v) is 5.79. The predicted molar refractivity (Wildman–Crippen MR) is 62.5 cm³/mol. The van der Waals surface area contributed by atoms with Gasteiger partial charge in [-0.2, -0.15) is 13.2 Å². The van der Waals surface area contributed by atoms with Crippen LogP contribution >= 0.6 is 0 Å². The molecule has 0 radical (unpaired) electrons. The summed E-state index contributed by atoms with van der Waals surface area (Å²) in [5.41, 5.74) is 0.0285. The van der Waals surface area contributed by atoms with E-state index in [1.807, 2.05) is 0 Å². The summed E-state index contributed by atoms with van der Waals surface area (Å²) in [7, 11) is 0. The minimum Gasteiger partial charge on any atom is -0.382 e. The minimum atomic E-state index is -4.28. The van der Waals surface area contributed by atoms with Crippen LogP contribution in [0.15, 0.2) is 24.3 Å². The number of hydrogen-bond donors (Lipinski definition) is 2. The van der Waals surface area contributed by atoms with Crippen LogP contribution in [0, 0.1) is 0 Å². The Morgan fingerprint density at radius 3 is 2.56 bits per heavy atom. The van der Waals surface area contributed by atoms with Crippen LogP contribution < -0.4 is 10.6 Å². The molecule has 1 aromatic rings. The molecule has 0 amide bonds. The van der Waals surface area contributed by atoms with Crippen molar-refractivity contribution < 1.29 is 17.9 Å². The molecule has 3 nitrogen and oxygen atoms in total. The summed E-state index contributed by atoms with van der Waals surface area (Å²) < 4.78 is 42.5. The van der Waals surface area contributed by atoms with E-state index in [4.69, 9.17) is 4.74 Å². The molecule has 0 bridgehead atoms. The van der Waals surface area contributed by atoms with E-state index in [9.17, 15) is 13.2 Å². The van der Waals surface area contributed by atoms with Crippen LogP contribution in [0.5, 0.6) is 0 Å². The lowest BCUT2D eigenvalue weighted by atomic mass is 10.2. The molecule has 0 aliphatic carbocycles. The minimum absolute atomic E-state index is 0.0565. The van der Waals surface area contributed by atoms with Gasteiger partial charge in [0.1, 0.15) is 0 Å². The topological polar surface area (TPSA) is 33.3 Å². The highest BCUT2D eigenvalue weighted by atomic mass is 19.4. The summed E-state index contributed by atoms with van der Waals surface area (Å²) >= 11 is 0. The second-order valence-electron chi connectivity index (χ2n) is 4.15. The molecule has 2 N–H and O–H groups in total. The fraction of sp³-hybridized carbons (Fsp3) is 0.500. The number of rotatable bonds is 3. The molecule has 2 rings (SSSR count). The maximum Gasteiger partial charge on any atom is 0.416 e. The van der Waals surface area contributed by atoms with E-state index in [2.05, 4.69) is 10.6 Å². The molecule has 0 aromatic heterocycles. The maximum absolute atomic E-state index is 12.3. The summed E-state index contributed by atoms with van der Waals surface area (Å²) in [4.78, 5) is 0. The smallest absolute Gasteiger partial charge is 0.382 e. The van der Waals surface area contributed by atoms with Gasteiger partial charge < -0.3 is 15.4 Å². The number of nitrogens with one attached hydrogen (secondary N) is 2. The lowest BCUT2D eigenvalue weighted by Gasteiger charge is -2.24. The van der Waals surface area contributed by atoms with Gasteiger partial charge in [0.15, 0.2) is 0 Å². The summed E-state index contributed by atoms with van der Waals surface area (Å²) in [6.45, 7) is 2.85. The van der Waals surface area contributed by atoms with Crippen LogP contribution in [0.1, 0.15) is 5.56 Å². The first-order chi connectivity index (χ1) is 8.55. The highest BCUT2D eigenvalue weighted by Gasteiger charge is 2.29. The second-order valence-corrected chi connectivity index (χ2v) is 4.15. The molecule has 1 saturated heterocycles. The van der Waals surface area contributed by atoms with E-state index in [0.717, 1.165) is 25.2 Å². The molecular formula is C12H15F3N2O. The van der Waals surface area contributed by atoms with Gasteiger partial charge in [-0.05, 0) is 24.3 Å². The highest BCUT2D eigenvalue weighted by molar-refractivity contribution is 5.45. The van der Waals surface area contributed by atoms with Gasteiger partial charge in [-0.3, -0.25) is 0 Å². The van der Waals surface area contributed by atoms with E-state index in [0.29, 0.717) is 18.8 Å². The van der Waals surface area contributed by atoms with Crippen LogP contribution in [-0.2, 0) is 10.9 Å². The van der Waals surface area contributed by atoms with Crippen molar-refractivity contribution in [3.63, 3.8) is 0 Å². The van der Waals surface area contributed by atoms with Gasteiger partial charge in [0.25, 0.3) is 0 Å². The molecule has 1 aliphatic rings. The Morgan fingerprint density at radius 1 is 1.28 bits per heavy atom. The highest BCUT2D eigenvalue weighted by Crippen LogP contribution is 2.29. The van der Waals surface area contributed by atoms with Crippen LogP contribution in [0.25, 0.3) is 0 Å². The van der Waals surface area contributed by atoms with E-state index in [1.165, 1.54) is 12.1 Å². The number of alkyl halides is 3. The molecule has 0 saturated carbocycles. The average Bonchev–Trinajstić information content (AvgIpc) is 2.37.